The summed E-state index contributed by atoms with van der Waals surface area (Å²) in [5.41, 5.74) is 5.19. The Balaban J connectivity index is 1.60. The van der Waals surface area contributed by atoms with Crippen LogP contribution < -0.4 is 5.73 Å². The maximum Gasteiger partial charge on any atom is 0.316 e. The van der Waals surface area contributed by atoms with Crippen molar-refractivity contribution in [3.8, 4) is 6.07 Å². The van der Waals surface area contributed by atoms with Crippen molar-refractivity contribution in [2.24, 2.45) is 0 Å². The Morgan fingerprint density at radius 3 is 2.84 bits per heavy atom. The largest absolute Gasteiger partial charge is 0.481 e. The molecule has 13 heteroatoms. The summed E-state index contributed by atoms with van der Waals surface area (Å²) >= 11 is 0.924. The van der Waals surface area contributed by atoms with Crippen LogP contribution in [0.15, 0.2) is 18.5 Å². The number of carboxylic acids is 1. The van der Waals surface area contributed by atoms with Crippen molar-refractivity contribution in [3.63, 3.8) is 0 Å². The molecule has 12 nitrogen and oxygen atoms in total. The molecule has 4 atom stereocenters. The minimum absolute atomic E-state index is 0.126. The number of nitriles is 1. The molecule has 0 aliphatic carbocycles. The SMILES string of the molecule is CC1(C)O[C@H]2[C@@H](O1)[C@](C#N)(c1ccc3c(N)ncnn13)O[C@@H]2COC(=O)CSCC(=O)O. The fourth-order valence-electron chi connectivity index (χ4n) is 3.90. The van der Waals surface area contributed by atoms with E-state index in [2.05, 4.69) is 16.2 Å². The first-order chi connectivity index (χ1) is 15.2. The number of carbonyl (C=O) groups is 2. The van der Waals surface area contributed by atoms with Gasteiger partial charge in [0.2, 0.25) is 5.60 Å². The summed E-state index contributed by atoms with van der Waals surface area (Å²) in [7, 11) is 0. The zero-order valence-corrected chi connectivity index (χ0v) is 18.1. The number of carbonyl (C=O) groups excluding carboxylic acids is 1. The summed E-state index contributed by atoms with van der Waals surface area (Å²) in [6.45, 7) is 3.24. The lowest BCUT2D eigenvalue weighted by atomic mass is 9.92. The molecule has 2 aromatic heterocycles. The summed E-state index contributed by atoms with van der Waals surface area (Å²) in [5.74, 6) is -2.72. The third-order valence-corrected chi connectivity index (χ3v) is 6.01. The number of aliphatic carboxylic acids is 1. The molecule has 0 bridgehead atoms. The number of carboxylic acid groups (broad SMARTS) is 1. The van der Waals surface area contributed by atoms with Crippen LogP contribution in [0.5, 0.6) is 0 Å². The van der Waals surface area contributed by atoms with Gasteiger partial charge < -0.3 is 29.8 Å². The van der Waals surface area contributed by atoms with Crippen LogP contribution in [0, 0.1) is 11.3 Å². The second-order valence-electron chi connectivity index (χ2n) is 7.75. The smallest absolute Gasteiger partial charge is 0.316 e. The van der Waals surface area contributed by atoms with Gasteiger partial charge in [0.25, 0.3) is 0 Å². The monoisotopic (exact) mass is 463 g/mol. The van der Waals surface area contributed by atoms with Gasteiger partial charge in [-0.15, -0.1) is 11.8 Å². The molecule has 2 aliphatic heterocycles. The van der Waals surface area contributed by atoms with Crippen molar-refractivity contribution in [1.82, 2.24) is 14.6 Å². The molecule has 32 heavy (non-hydrogen) atoms. The Kier molecular flexibility index (Phi) is 5.72. The molecule has 0 amide bonds. The van der Waals surface area contributed by atoms with Gasteiger partial charge in [0.1, 0.15) is 42.8 Å². The van der Waals surface area contributed by atoms with Crippen LogP contribution in [0.25, 0.3) is 5.52 Å². The van der Waals surface area contributed by atoms with Gasteiger partial charge in [-0.05, 0) is 26.0 Å². The van der Waals surface area contributed by atoms with Crippen molar-refractivity contribution < 1.29 is 33.6 Å². The predicted molar refractivity (Wildman–Crippen MR) is 109 cm³/mol. The molecule has 3 N–H and O–H groups in total. The number of rotatable bonds is 7. The number of anilines is 1. The van der Waals surface area contributed by atoms with Crippen LogP contribution in [-0.4, -0.2) is 73.9 Å². The van der Waals surface area contributed by atoms with Crippen molar-refractivity contribution in [2.45, 2.75) is 43.5 Å². The second kappa shape index (κ2) is 8.21. The Morgan fingerprint density at radius 1 is 1.34 bits per heavy atom. The number of fused-ring (bicyclic) bond motifs is 2. The molecule has 2 aliphatic rings. The van der Waals surface area contributed by atoms with E-state index in [-0.39, 0.29) is 23.9 Å². The molecule has 2 saturated heterocycles. The molecular formula is C19H21N5O7S. The molecule has 4 heterocycles. The van der Waals surface area contributed by atoms with E-state index >= 15 is 0 Å². The number of hydrogen-bond acceptors (Lipinski definition) is 11. The molecular weight excluding hydrogens is 442 g/mol. The van der Waals surface area contributed by atoms with Crippen LogP contribution in [0.3, 0.4) is 0 Å². The number of hydrogen-bond donors (Lipinski definition) is 2. The molecule has 0 radical (unpaired) electrons. The molecule has 0 unspecified atom stereocenters. The van der Waals surface area contributed by atoms with Crippen LogP contribution in [0.1, 0.15) is 19.5 Å². The predicted octanol–water partition coefficient (Wildman–Crippen LogP) is 0.310. The summed E-state index contributed by atoms with van der Waals surface area (Å²) in [6.07, 6.45) is -1.07. The highest BCUT2D eigenvalue weighted by atomic mass is 32.2. The molecule has 2 fully saturated rings. The third kappa shape index (κ3) is 3.86. The highest BCUT2D eigenvalue weighted by Gasteiger charge is 2.65. The highest BCUT2D eigenvalue weighted by Crippen LogP contribution is 2.49. The minimum Gasteiger partial charge on any atom is -0.481 e. The third-order valence-electron chi connectivity index (χ3n) is 5.12. The molecule has 2 aromatic rings. The van der Waals surface area contributed by atoms with Gasteiger partial charge in [0.05, 0.1) is 17.2 Å². The lowest BCUT2D eigenvalue weighted by molar-refractivity contribution is -0.206. The van der Waals surface area contributed by atoms with Crippen LogP contribution >= 0.6 is 11.8 Å². The van der Waals surface area contributed by atoms with E-state index in [1.807, 2.05) is 0 Å². The minimum atomic E-state index is -1.61. The number of esters is 1. The van der Waals surface area contributed by atoms with Gasteiger partial charge >= 0.3 is 11.9 Å². The first-order valence-corrected chi connectivity index (χ1v) is 10.8. The quantitative estimate of drug-likeness (QED) is 0.539. The number of nitrogen functional groups attached to an aromatic ring is 1. The summed E-state index contributed by atoms with van der Waals surface area (Å²) < 4.78 is 24.9. The van der Waals surface area contributed by atoms with Crippen molar-refractivity contribution in [1.29, 1.82) is 5.26 Å². The molecule has 0 saturated carbocycles. The van der Waals surface area contributed by atoms with Crippen LogP contribution in [-0.2, 0) is 34.1 Å². The van der Waals surface area contributed by atoms with Gasteiger partial charge in [-0.2, -0.15) is 10.4 Å². The van der Waals surface area contributed by atoms with Gasteiger partial charge in [-0.1, -0.05) is 0 Å². The first-order valence-electron chi connectivity index (χ1n) is 9.65. The van der Waals surface area contributed by atoms with Crippen LogP contribution in [0.2, 0.25) is 0 Å². The maximum absolute atomic E-state index is 12.0. The fraction of sp³-hybridized carbons (Fsp3) is 0.526. The number of ether oxygens (including phenoxy) is 4. The maximum atomic E-state index is 12.0. The van der Waals surface area contributed by atoms with Gasteiger partial charge in [-0.25, -0.2) is 9.50 Å². The molecule has 170 valence electrons. The Morgan fingerprint density at radius 2 is 2.12 bits per heavy atom. The summed E-state index contributed by atoms with van der Waals surface area (Å²) in [4.78, 5) is 26.6. The zero-order chi connectivity index (χ0) is 23.1. The number of nitrogens with zero attached hydrogens (tertiary/aromatic N) is 4. The van der Waals surface area contributed by atoms with Gasteiger partial charge in [0.15, 0.2) is 11.6 Å². The summed E-state index contributed by atoms with van der Waals surface area (Å²) in [5, 5.41) is 23.1. The first kappa shape index (κ1) is 22.3. The average molecular weight is 463 g/mol. The zero-order valence-electron chi connectivity index (χ0n) is 17.3. The number of nitrogens with two attached hydrogens (primary N) is 1. The van der Waals surface area contributed by atoms with Crippen molar-refractivity contribution >= 4 is 35.0 Å². The van der Waals surface area contributed by atoms with Gasteiger partial charge in [-0.3, -0.25) is 9.59 Å². The Bertz CT molecular complexity index is 1100. The van der Waals surface area contributed by atoms with Crippen LogP contribution in [0.4, 0.5) is 5.82 Å². The molecule has 0 aromatic carbocycles. The fourth-order valence-corrected chi connectivity index (χ4v) is 4.43. The van der Waals surface area contributed by atoms with Crippen molar-refractivity contribution in [2.75, 3.05) is 23.8 Å². The van der Waals surface area contributed by atoms with E-state index in [0.29, 0.717) is 11.2 Å². The summed E-state index contributed by atoms with van der Waals surface area (Å²) in [6, 6.07) is 5.54. The lowest BCUT2D eigenvalue weighted by Crippen LogP contribution is -2.40. The molecule has 0 spiro atoms. The average Bonchev–Trinajstić information content (AvgIpc) is 3.37. The Labute approximate surface area is 186 Å². The second-order valence-corrected chi connectivity index (χ2v) is 8.74. The standard InChI is InChI=1S/C19H21N5O7S/c1-18(2)30-15-11(5-28-14(27)7-32-6-13(25)26)29-19(8-20,16(15)31-18)12-4-3-10-17(21)22-9-23-24(10)12/h3-4,9,11,15-16H,5-7H2,1-2H3,(H,25,26)(H2,21,22,23)/t11-,15-,16-,19+/m1/s1. The van der Waals surface area contributed by atoms with Gasteiger partial charge in [0, 0.05) is 0 Å². The van der Waals surface area contributed by atoms with E-state index in [4.69, 9.17) is 29.8 Å². The van der Waals surface area contributed by atoms with E-state index in [0.717, 1.165) is 11.8 Å². The lowest BCUT2D eigenvalue weighted by Gasteiger charge is -2.28. The normalized spacial score (nSPS) is 28.3. The molecule has 4 rings (SSSR count). The van der Waals surface area contributed by atoms with E-state index in [1.165, 1.54) is 10.8 Å². The van der Waals surface area contributed by atoms with E-state index in [1.54, 1.807) is 26.0 Å². The number of thioether (sulfide) groups is 1. The van der Waals surface area contributed by atoms with Crippen molar-refractivity contribution in [3.05, 3.63) is 24.2 Å². The highest BCUT2D eigenvalue weighted by molar-refractivity contribution is 8.00. The van der Waals surface area contributed by atoms with E-state index < -0.39 is 41.6 Å². The van der Waals surface area contributed by atoms with E-state index in [9.17, 15) is 14.9 Å². The topological polar surface area (TPSA) is 171 Å². The number of aromatic nitrogens is 3. The Hall–Kier alpha value is -2.92.